The lowest BCUT2D eigenvalue weighted by atomic mass is 10.3. The van der Waals surface area contributed by atoms with Crippen molar-refractivity contribution in [1.29, 1.82) is 0 Å². The number of hydrogen-bond acceptors (Lipinski definition) is 6. The molecular formula is C18H22N2O6S. The van der Waals surface area contributed by atoms with E-state index in [1.165, 1.54) is 32.4 Å². The molecule has 0 spiro atoms. The van der Waals surface area contributed by atoms with Crippen LogP contribution in [0.4, 0.5) is 5.69 Å². The van der Waals surface area contributed by atoms with Crippen molar-refractivity contribution >= 4 is 21.6 Å². The molecule has 0 aliphatic carbocycles. The highest BCUT2D eigenvalue weighted by Crippen LogP contribution is 2.29. The number of methoxy groups -OCH3 is 2. The maximum absolute atomic E-state index is 12.4. The summed E-state index contributed by atoms with van der Waals surface area (Å²) in [6, 6.07) is 11.1. The van der Waals surface area contributed by atoms with E-state index >= 15 is 0 Å². The average Bonchev–Trinajstić information content (AvgIpc) is 2.67. The quantitative estimate of drug-likeness (QED) is 0.675. The molecular weight excluding hydrogens is 372 g/mol. The van der Waals surface area contributed by atoms with Crippen LogP contribution in [0.2, 0.25) is 0 Å². The fraction of sp³-hybridized carbons (Fsp3) is 0.278. The summed E-state index contributed by atoms with van der Waals surface area (Å²) in [5, 5.41) is 2.62. The molecule has 0 aliphatic rings. The second-order valence-corrected chi connectivity index (χ2v) is 7.09. The third-order valence-electron chi connectivity index (χ3n) is 3.55. The summed E-state index contributed by atoms with van der Waals surface area (Å²) in [5.74, 6) is 0.666. The predicted octanol–water partition coefficient (Wildman–Crippen LogP) is 2.02. The maximum atomic E-state index is 12.4. The van der Waals surface area contributed by atoms with E-state index < -0.39 is 22.5 Å². The Labute approximate surface area is 158 Å². The van der Waals surface area contributed by atoms with Gasteiger partial charge < -0.3 is 19.5 Å². The first-order chi connectivity index (χ1) is 12.9. The van der Waals surface area contributed by atoms with E-state index in [1.54, 1.807) is 24.3 Å². The summed E-state index contributed by atoms with van der Waals surface area (Å²) in [4.78, 5) is 12.1. The van der Waals surface area contributed by atoms with Gasteiger partial charge in [0.05, 0.1) is 38.0 Å². The normalized spacial score (nSPS) is 10.9. The topological polar surface area (TPSA) is 103 Å². The molecule has 0 aliphatic heterocycles. The molecule has 0 aromatic heterocycles. The van der Waals surface area contributed by atoms with Gasteiger partial charge in [-0.3, -0.25) is 4.79 Å². The minimum absolute atomic E-state index is 0.0392. The van der Waals surface area contributed by atoms with Gasteiger partial charge in [0.2, 0.25) is 15.9 Å². The number of amides is 1. The molecule has 0 radical (unpaired) electrons. The van der Waals surface area contributed by atoms with Crippen molar-refractivity contribution in [2.75, 3.05) is 32.7 Å². The summed E-state index contributed by atoms with van der Waals surface area (Å²) < 4.78 is 42.7. The number of nitrogens with one attached hydrogen (secondary N) is 2. The second-order valence-electron chi connectivity index (χ2n) is 5.32. The zero-order valence-electron chi connectivity index (χ0n) is 15.3. The molecule has 0 saturated carbocycles. The van der Waals surface area contributed by atoms with Gasteiger partial charge in [0.1, 0.15) is 5.75 Å². The molecule has 0 unspecified atom stereocenters. The van der Waals surface area contributed by atoms with Crippen LogP contribution in [0.15, 0.2) is 47.4 Å². The third kappa shape index (κ3) is 5.35. The van der Waals surface area contributed by atoms with Crippen molar-refractivity contribution in [2.24, 2.45) is 0 Å². The number of carbonyl (C=O) groups is 1. The largest absolute Gasteiger partial charge is 0.493 e. The van der Waals surface area contributed by atoms with Crippen LogP contribution in [0.5, 0.6) is 17.2 Å². The molecule has 0 heterocycles. The van der Waals surface area contributed by atoms with Crippen molar-refractivity contribution < 1.29 is 27.4 Å². The molecule has 27 heavy (non-hydrogen) atoms. The van der Waals surface area contributed by atoms with E-state index in [1.807, 2.05) is 6.92 Å². The van der Waals surface area contributed by atoms with E-state index in [0.29, 0.717) is 23.8 Å². The Kier molecular flexibility index (Phi) is 7.03. The van der Waals surface area contributed by atoms with Crippen LogP contribution in [0.25, 0.3) is 0 Å². The van der Waals surface area contributed by atoms with Crippen LogP contribution in [-0.4, -0.2) is 41.7 Å². The van der Waals surface area contributed by atoms with E-state index in [4.69, 9.17) is 14.2 Å². The fourth-order valence-electron chi connectivity index (χ4n) is 2.27. The van der Waals surface area contributed by atoms with Gasteiger partial charge in [0.15, 0.2) is 11.5 Å². The van der Waals surface area contributed by atoms with Crippen LogP contribution in [0.3, 0.4) is 0 Å². The number of carbonyl (C=O) groups excluding carboxylic acids is 1. The molecule has 2 aromatic rings. The Hall–Kier alpha value is -2.78. The zero-order valence-corrected chi connectivity index (χ0v) is 16.1. The molecule has 1 amide bonds. The number of ether oxygens (including phenoxy) is 3. The third-order valence-corrected chi connectivity index (χ3v) is 4.95. The van der Waals surface area contributed by atoms with Crippen molar-refractivity contribution in [3.63, 3.8) is 0 Å². The predicted molar refractivity (Wildman–Crippen MR) is 101 cm³/mol. The first-order valence-corrected chi connectivity index (χ1v) is 9.63. The monoisotopic (exact) mass is 394 g/mol. The first kappa shape index (κ1) is 20.5. The number of anilines is 1. The molecule has 2 N–H and O–H groups in total. The van der Waals surface area contributed by atoms with Gasteiger partial charge in [0.25, 0.3) is 0 Å². The summed E-state index contributed by atoms with van der Waals surface area (Å²) in [6.07, 6.45) is 0. The summed E-state index contributed by atoms with van der Waals surface area (Å²) >= 11 is 0. The fourth-order valence-corrected chi connectivity index (χ4v) is 3.27. The zero-order chi connectivity index (χ0) is 19.9. The first-order valence-electron chi connectivity index (χ1n) is 8.14. The van der Waals surface area contributed by atoms with E-state index in [9.17, 15) is 13.2 Å². The van der Waals surface area contributed by atoms with Crippen molar-refractivity contribution in [3.05, 3.63) is 42.5 Å². The lowest BCUT2D eigenvalue weighted by Crippen LogP contribution is -2.33. The number of rotatable bonds is 9. The highest BCUT2D eigenvalue weighted by Gasteiger charge is 2.18. The Morgan fingerprint density at radius 3 is 2.37 bits per heavy atom. The van der Waals surface area contributed by atoms with Crippen LogP contribution >= 0.6 is 0 Å². The minimum atomic E-state index is -3.90. The van der Waals surface area contributed by atoms with Crippen LogP contribution in [-0.2, 0) is 14.8 Å². The smallest absolute Gasteiger partial charge is 0.241 e. The Bertz CT molecular complexity index is 898. The van der Waals surface area contributed by atoms with Crippen molar-refractivity contribution in [1.82, 2.24) is 4.72 Å². The highest BCUT2D eigenvalue weighted by molar-refractivity contribution is 7.89. The average molecular weight is 394 g/mol. The van der Waals surface area contributed by atoms with Crippen molar-refractivity contribution in [2.45, 2.75) is 11.8 Å². The summed E-state index contributed by atoms with van der Waals surface area (Å²) in [7, 11) is -1.04. The van der Waals surface area contributed by atoms with Gasteiger partial charge in [-0.2, -0.15) is 0 Å². The second kappa shape index (κ2) is 9.24. The number of benzene rings is 2. The molecule has 0 bridgehead atoms. The summed E-state index contributed by atoms with van der Waals surface area (Å²) in [5.41, 5.74) is 0.467. The standard InChI is InChI=1S/C18H22N2O6S/c1-4-26-15-8-6-5-7-14(15)20-18(21)12-19-27(22,23)13-9-10-16(24-2)17(11-13)25-3/h5-11,19H,4,12H2,1-3H3,(H,20,21). The number of sulfonamides is 1. The van der Waals surface area contributed by atoms with Crippen molar-refractivity contribution in [3.8, 4) is 17.2 Å². The van der Waals surface area contributed by atoms with Gasteiger partial charge in [-0.05, 0) is 31.2 Å². The summed E-state index contributed by atoms with van der Waals surface area (Å²) in [6.45, 7) is 1.84. The molecule has 9 heteroatoms. The minimum Gasteiger partial charge on any atom is -0.493 e. The molecule has 0 atom stereocenters. The van der Waals surface area contributed by atoms with E-state index in [0.717, 1.165) is 0 Å². The van der Waals surface area contributed by atoms with Crippen LogP contribution < -0.4 is 24.2 Å². The van der Waals surface area contributed by atoms with Gasteiger partial charge in [-0.25, -0.2) is 13.1 Å². The Morgan fingerprint density at radius 1 is 1.00 bits per heavy atom. The maximum Gasteiger partial charge on any atom is 0.241 e. The molecule has 2 rings (SSSR count). The van der Waals surface area contributed by atoms with E-state index in [2.05, 4.69) is 10.0 Å². The SMILES string of the molecule is CCOc1ccccc1NC(=O)CNS(=O)(=O)c1ccc(OC)c(OC)c1. The molecule has 8 nitrogen and oxygen atoms in total. The van der Waals surface area contributed by atoms with Gasteiger partial charge in [-0.1, -0.05) is 12.1 Å². The number of hydrogen-bond donors (Lipinski definition) is 2. The lowest BCUT2D eigenvalue weighted by Gasteiger charge is -2.12. The lowest BCUT2D eigenvalue weighted by molar-refractivity contribution is -0.115. The van der Waals surface area contributed by atoms with Gasteiger partial charge in [-0.15, -0.1) is 0 Å². The Morgan fingerprint density at radius 2 is 1.70 bits per heavy atom. The van der Waals surface area contributed by atoms with Crippen LogP contribution in [0.1, 0.15) is 6.92 Å². The van der Waals surface area contributed by atoms with Crippen LogP contribution in [0, 0.1) is 0 Å². The molecule has 146 valence electrons. The number of para-hydroxylation sites is 2. The molecule has 0 saturated heterocycles. The van der Waals surface area contributed by atoms with Gasteiger partial charge >= 0.3 is 0 Å². The van der Waals surface area contributed by atoms with Gasteiger partial charge in [0, 0.05) is 6.07 Å². The highest BCUT2D eigenvalue weighted by atomic mass is 32.2. The molecule has 0 fully saturated rings. The Balaban J connectivity index is 2.06. The molecule has 2 aromatic carbocycles. The van der Waals surface area contributed by atoms with E-state index in [-0.39, 0.29) is 10.6 Å².